The molecule has 2 aromatic rings. The van der Waals surface area contributed by atoms with Crippen LogP contribution in [-0.2, 0) is 14.3 Å². The van der Waals surface area contributed by atoms with Crippen molar-refractivity contribution in [2.45, 2.75) is 30.1 Å². The van der Waals surface area contributed by atoms with Gasteiger partial charge in [-0.25, -0.2) is 0 Å². The van der Waals surface area contributed by atoms with Gasteiger partial charge in [-0.15, -0.1) is 11.8 Å². The summed E-state index contributed by atoms with van der Waals surface area (Å²) in [4.78, 5) is 25.4. The summed E-state index contributed by atoms with van der Waals surface area (Å²) in [6, 6.07) is 16.6. The number of esters is 1. The number of thioether (sulfide) groups is 1. The predicted molar refractivity (Wildman–Crippen MR) is 98.9 cm³/mol. The highest BCUT2D eigenvalue weighted by Crippen LogP contribution is 2.25. The standard InChI is InChI=1S/C19H21NO4S/c1-13(18(21)20-16-11-7-8-12-17(16)23-3)24-19(22)14(2)25-15-9-5-4-6-10-15/h4-14H,1-3H3,(H,20,21)/t13-,14-/m1/s1. The lowest BCUT2D eigenvalue weighted by molar-refractivity contribution is -0.152. The van der Waals surface area contributed by atoms with Crippen molar-refractivity contribution in [3.8, 4) is 5.75 Å². The maximum Gasteiger partial charge on any atom is 0.319 e. The summed E-state index contributed by atoms with van der Waals surface area (Å²) in [5.74, 6) is -0.298. The van der Waals surface area contributed by atoms with E-state index in [4.69, 9.17) is 9.47 Å². The Labute approximate surface area is 151 Å². The van der Waals surface area contributed by atoms with Crippen molar-refractivity contribution in [3.63, 3.8) is 0 Å². The third-order valence-electron chi connectivity index (χ3n) is 3.41. The Hall–Kier alpha value is -2.47. The van der Waals surface area contributed by atoms with Crippen LogP contribution in [0.25, 0.3) is 0 Å². The molecule has 6 heteroatoms. The van der Waals surface area contributed by atoms with Crippen LogP contribution in [0, 0.1) is 0 Å². The van der Waals surface area contributed by atoms with Crippen molar-refractivity contribution < 1.29 is 19.1 Å². The summed E-state index contributed by atoms with van der Waals surface area (Å²) >= 11 is 1.39. The molecule has 0 saturated heterocycles. The van der Waals surface area contributed by atoms with E-state index >= 15 is 0 Å². The number of ether oxygens (including phenoxy) is 2. The van der Waals surface area contributed by atoms with E-state index in [1.54, 1.807) is 38.1 Å². The number of nitrogens with one attached hydrogen (secondary N) is 1. The van der Waals surface area contributed by atoms with Crippen molar-refractivity contribution in [1.82, 2.24) is 0 Å². The molecule has 0 spiro atoms. The zero-order valence-corrected chi connectivity index (χ0v) is 15.2. The maximum atomic E-state index is 12.2. The summed E-state index contributed by atoms with van der Waals surface area (Å²) in [6.45, 7) is 3.30. The van der Waals surface area contributed by atoms with Gasteiger partial charge in [0.15, 0.2) is 6.10 Å². The van der Waals surface area contributed by atoms with Gasteiger partial charge in [0.1, 0.15) is 11.0 Å². The van der Waals surface area contributed by atoms with Crippen molar-refractivity contribution in [3.05, 3.63) is 54.6 Å². The Bertz CT molecular complexity index is 720. The second-order valence-electron chi connectivity index (χ2n) is 5.34. The normalized spacial score (nSPS) is 12.8. The number of para-hydroxylation sites is 2. The van der Waals surface area contributed by atoms with E-state index in [9.17, 15) is 9.59 Å². The number of benzene rings is 2. The monoisotopic (exact) mass is 359 g/mol. The summed E-state index contributed by atoms with van der Waals surface area (Å²) in [6.07, 6.45) is -0.906. The third kappa shape index (κ3) is 5.53. The average Bonchev–Trinajstić information content (AvgIpc) is 2.62. The van der Waals surface area contributed by atoms with Crippen molar-refractivity contribution in [2.75, 3.05) is 12.4 Å². The fourth-order valence-electron chi connectivity index (χ4n) is 2.06. The zero-order chi connectivity index (χ0) is 18.2. The van der Waals surface area contributed by atoms with Gasteiger partial charge < -0.3 is 14.8 Å². The average molecular weight is 359 g/mol. The number of amides is 1. The molecular formula is C19H21NO4S. The quantitative estimate of drug-likeness (QED) is 0.602. The van der Waals surface area contributed by atoms with Crippen LogP contribution in [0.1, 0.15) is 13.8 Å². The first-order valence-corrected chi connectivity index (χ1v) is 8.75. The summed E-state index contributed by atoms with van der Waals surface area (Å²) in [5, 5.41) is 2.29. The van der Waals surface area contributed by atoms with Crippen LogP contribution < -0.4 is 10.1 Å². The molecule has 5 nitrogen and oxygen atoms in total. The summed E-state index contributed by atoms with van der Waals surface area (Å²) in [5.41, 5.74) is 0.532. The van der Waals surface area contributed by atoms with Gasteiger partial charge in [0.25, 0.3) is 5.91 Å². The summed E-state index contributed by atoms with van der Waals surface area (Å²) < 4.78 is 10.5. The first kappa shape index (κ1) is 18.9. The minimum absolute atomic E-state index is 0.408. The Morgan fingerprint density at radius 1 is 1.00 bits per heavy atom. The second-order valence-corrected chi connectivity index (χ2v) is 6.76. The largest absolute Gasteiger partial charge is 0.495 e. The van der Waals surface area contributed by atoms with Gasteiger partial charge in [-0.1, -0.05) is 30.3 Å². The fraction of sp³-hybridized carbons (Fsp3) is 0.263. The Balaban J connectivity index is 1.90. The van der Waals surface area contributed by atoms with Crippen LogP contribution in [0.5, 0.6) is 5.75 Å². The van der Waals surface area contributed by atoms with Gasteiger partial charge in [0.05, 0.1) is 12.8 Å². The topological polar surface area (TPSA) is 64.6 Å². The molecule has 0 aliphatic carbocycles. The van der Waals surface area contributed by atoms with E-state index in [2.05, 4.69) is 5.32 Å². The van der Waals surface area contributed by atoms with Gasteiger partial charge in [-0.3, -0.25) is 9.59 Å². The van der Waals surface area contributed by atoms with E-state index < -0.39 is 23.2 Å². The van der Waals surface area contributed by atoms with Crippen LogP contribution in [0.2, 0.25) is 0 Å². The number of hydrogen-bond acceptors (Lipinski definition) is 5. The Kier molecular flexibility index (Phi) is 6.89. The third-order valence-corrected chi connectivity index (χ3v) is 4.51. The van der Waals surface area contributed by atoms with Gasteiger partial charge >= 0.3 is 5.97 Å². The van der Waals surface area contributed by atoms with E-state index in [0.29, 0.717) is 11.4 Å². The molecule has 0 heterocycles. The fourth-order valence-corrected chi connectivity index (χ4v) is 2.93. The van der Waals surface area contributed by atoms with Crippen molar-refractivity contribution in [1.29, 1.82) is 0 Å². The smallest absolute Gasteiger partial charge is 0.319 e. The molecule has 2 atom stereocenters. The molecule has 0 radical (unpaired) electrons. The lowest BCUT2D eigenvalue weighted by atomic mass is 10.2. The van der Waals surface area contributed by atoms with Gasteiger partial charge in [-0.05, 0) is 38.1 Å². The molecule has 1 N–H and O–H groups in total. The van der Waals surface area contributed by atoms with Crippen LogP contribution >= 0.6 is 11.8 Å². The number of hydrogen-bond donors (Lipinski definition) is 1. The van der Waals surface area contributed by atoms with Crippen LogP contribution in [0.3, 0.4) is 0 Å². The molecule has 0 aromatic heterocycles. The molecule has 0 unspecified atom stereocenters. The van der Waals surface area contributed by atoms with Crippen LogP contribution in [0.4, 0.5) is 5.69 Å². The van der Waals surface area contributed by atoms with Gasteiger partial charge in [0, 0.05) is 4.90 Å². The molecule has 132 valence electrons. The number of carbonyl (C=O) groups is 2. The first-order valence-electron chi connectivity index (χ1n) is 7.87. The van der Waals surface area contributed by atoms with Gasteiger partial charge in [0.2, 0.25) is 0 Å². The minimum Gasteiger partial charge on any atom is -0.495 e. The van der Waals surface area contributed by atoms with E-state index in [-0.39, 0.29) is 0 Å². The second kappa shape index (κ2) is 9.13. The molecule has 0 aliphatic heterocycles. The summed E-state index contributed by atoms with van der Waals surface area (Å²) in [7, 11) is 1.52. The molecule has 1 amide bonds. The van der Waals surface area contributed by atoms with E-state index in [1.165, 1.54) is 18.9 Å². The lowest BCUT2D eigenvalue weighted by Crippen LogP contribution is -2.32. The van der Waals surface area contributed by atoms with Crippen molar-refractivity contribution in [2.24, 2.45) is 0 Å². The first-order chi connectivity index (χ1) is 12.0. The van der Waals surface area contributed by atoms with E-state index in [0.717, 1.165) is 4.90 Å². The zero-order valence-electron chi connectivity index (χ0n) is 14.4. The molecule has 25 heavy (non-hydrogen) atoms. The number of anilines is 1. The Morgan fingerprint density at radius 3 is 2.32 bits per heavy atom. The molecule has 0 saturated carbocycles. The predicted octanol–water partition coefficient (Wildman–Crippen LogP) is 3.75. The number of methoxy groups -OCH3 is 1. The highest BCUT2D eigenvalue weighted by Gasteiger charge is 2.23. The SMILES string of the molecule is COc1ccccc1NC(=O)[C@@H](C)OC(=O)[C@@H](C)Sc1ccccc1. The van der Waals surface area contributed by atoms with Crippen LogP contribution in [0.15, 0.2) is 59.5 Å². The minimum atomic E-state index is -0.906. The molecule has 0 aliphatic rings. The molecule has 0 bridgehead atoms. The van der Waals surface area contributed by atoms with E-state index in [1.807, 2.05) is 30.3 Å². The van der Waals surface area contributed by atoms with Crippen molar-refractivity contribution >= 4 is 29.3 Å². The number of rotatable bonds is 7. The Morgan fingerprint density at radius 2 is 1.64 bits per heavy atom. The maximum absolute atomic E-state index is 12.2. The molecule has 0 fully saturated rings. The highest BCUT2D eigenvalue weighted by atomic mass is 32.2. The van der Waals surface area contributed by atoms with Gasteiger partial charge in [-0.2, -0.15) is 0 Å². The number of carbonyl (C=O) groups excluding carboxylic acids is 2. The van der Waals surface area contributed by atoms with Crippen LogP contribution in [-0.4, -0.2) is 30.3 Å². The highest BCUT2D eigenvalue weighted by molar-refractivity contribution is 8.00. The molecular weight excluding hydrogens is 338 g/mol. The molecule has 2 rings (SSSR count). The lowest BCUT2D eigenvalue weighted by Gasteiger charge is -2.17. The molecule has 2 aromatic carbocycles.